The number of ether oxygens (including phenoxy) is 1. The highest BCUT2D eigenvalue weighted by Gasteiger charge is 2.13. The molecule has 1 aromatic carbocycles. The Kier molecular flexibility index (Phi) is 3.94. The molecule has 0 fully saturated rings. The molecule has 0 saturated carbocycles. The number of carboxylic acid groups (broad SMARTS) is 1. The molecule has 0 saturated heterocycles. The summed E-state index contributed by atoms with van der Waals surface area (Å²) in [5, 5.41) is 8.90. The van der Waals surface area contributed by atoms with Gasteiger partial charge in [-0.25, -0.2) is 4.79 Å². The number of hydrogen-bond acceptors (Lipinski definition) is 4. The maximum atomic E-state index is 10.9. The Balaban J connectivity index is 2.02. The molecule has 1 N–H and O–H groups in total. The van der Waals surface area contributed by atoms with Gasteiger partial charge >= 0.3 is 5.97 Å². The molecule has 5 heteroatoms. The lowest BCUT2D eigenvalue weighted by atomic mass is 10.2. The summed E-state index contributed by atoms with van der Waals surface area (Å²) in [5.41, 5.74) is 0.135. The van der Waals surface area contributed by atoms with Crippen LogP contribution in [-0.2, 0) is 6.61 Å². The first-order valence-electron chi connectivity index (χ1n) is 5.27. The number of carbonyl (C=O) groups is 1. The zero-order valence-corrected chi connectivity index (χ0v) is 10.6. The summed E-state index contributed by atoms with van der Waals surface area (Å²) < 4.78 is 10.6. The maximum Gasteiger partial charge on any atom is 0.339 e. The molecule has 2 aromatic rings. The second-order valence-electron chi connectivity index (χ2n) is 3.53. The first kappa shape index (κ1) is 12.6. The third kappa shape index (κ3) is 2.87. The first-order chi connectivity index (χ1) is 8.70. The SMILES string of the molecule is CSc1ccc(OCc2occc2C(=O)O)cc1. The van der Waals surface area contributed by atoms with Crippen molar-refractivity contribution >= 4 is 17.7 Å². The highest BCUT2D eigenvalue weighted by molar-refractivity contribution is 7.98. The molecule has 0 atom stereocenters. The summed E-state index contributed by atoms with van der Waals surface area (Å²) in [6.45, 7) is 0.104. The summed E-state index contributed by atoms with van der Waals surface area (Å²) in [6.07, 6.45) is 3.34. The minimum Gasteiger partial charge on any atom is -0.486 e. The molecule has 0 aliphatic heterocycles. The highest BCUT2D eigenvalue weighted by atomic mass is 32.2. The number of furan rings is 1. The van der Waals surface area contributed by atoms with Crippen LogP contribution >= 0.6 is 11.8 Å². The zero-order chi connectivity index (χ0) is 13.0. The maximum absolute atomic E-state index is 10.9. The van der Waals surface area contributed by atoms with Crippen molar-refractivity contribution in [3.63, 3.8) is 0 Å². The second-order valence-corrected chi connectivity index (χ2v) is 4.41. The van der Waals surface area contributed by atoms with E-state index in [9.17, 15) is 4.79 Å². The number of benzene rings is 1. The Labute approximate surface area is 109 Å². The summed E-state index contributed by atoms with van der Waals surface area (Å²) >= 11 is 1.65. The molecule has 0 aliphatic carbocycles. The van der Waals surface area contributed by atoms with Gasteiger partial charge in [-0.2, -0.15) is 0 Å². The molecule has 2 rings (SSSR count). The quantitative estimate of drug-likeness (QED) is 0.840. The van der Waals surface area contributed by atoms with Gasteiger partial charge < -0.3 is 14.3 Å². The van der Waals surface area contributed by atoms with E-state index in [-0.39, 0.29) is 12.2 Å². The summed E-state index contributed by atoms with van der Waals surface area (Å²) in [6, 6.07) is 8.99. The van der Waals surface area contributed by atoms with Crippen molar-refractivity contribution in [3.05, 3.63) is 47.9 Å². The minimum atomic E-state index is -1.01. The number of aromatic carboxylic acids is 1. The average molecular weight is 264 g/mol. The molecule has 0 aliphatic rings. The van der Waals surface area contributed by atoms with Crippen LogP contribution in [0.2, 0.25) is 0 Å². The van der Waals surface area contributed by atoms with Gasteiger partial charge in [0.1, 0.15) is 17.9 Å². The van der Waals surface area contributed by atoms with Gasteiger partial charge in [0.2, 0.25) is 0 Å². The fourth-order valence-corrected chi connectivity index (χ4v) is 1.87. The normalized spacial score (nSPS) is 10.3. The molecule has 0 unspecified atom stereocenters. The van der Waals surface area contributed by atoms with E-state index in [4.69, 9.17) is 14.3 Å². The predicted molar refractivity (Wildman–Crippen MR) is 68.2 cm³/mol. The number of carboxylic acids is 1. The van der Waals surface area contributed by atoms with Crippen LogP contribution < -0.4 is 4.74 Å². The zero-order valence-electron chi connectivity index (χ0n) is 9.75. The van der Waals surface area contributed by atoms with E-state index in [2.05, 4.69) is 0 Å². The van der Waals surface area contributed by atoms with Crippen molar-refractivity contribution in [3.8, 4) is 5.75 Å². The minimum absolute atomic E-state index is 0.104. The summed E-state index contributed by atoms with van der Waals surface area (Å²) in [7, 11) is 0. The first-order valence-corrected chi connectivity index (χ1v) is 6.49. The van der Waals surface area contributed by atoms with Crippen LogP contribution in [0.25, 0.3) is 0 Å². The highest BCUT2D eigenvalue weighted by Crippen LogP contribution is 2.20. The van der Waals surface area contributed by atoms with Crippen LogP contribution in [0, 0.1) is 0 Å². The Bertz CT molecular complexity index is 530. The van der Waals surface area contributed by atoms with Crippen LogP contribution in [-0.4, -0.2) is 17.3 Å². The summed E-state index contributed by atoms with van der Waals surface area (Å²) in [5.74, 6) is -0.0166. The monoisotopic (exact) mass is 264 g/mol. The lowest BCUT2D eigenvalue weighted by molar-refractivity contribution is 0.0692. The van der Waals surface area contributed by atoms with Crippen LogP contribution in [0.5, 0.6) is 5.75 Å². The average Bonchev–Trinajstić information content (AvgIpc) is 2.85. The molecule has 0 bridgehead atoms. The van der Waals surface area contributed by atoms with Crippen molar-refractivity contribution in [2.75, 3.05) is 6.26 Å². The Morgan fingerprint density at radius 1 is 1.33 bits per heavy atom. The van der Waals surface area contributed by atoms with Crippen molar-refractivity contribution < 1.29 is 19.1 Å². The lowest BCUT2D eigenvalue weighted by Gasteiger charge is -2.05. The van der Waals surface area contributed by atoms with Gasteiger partial charge in [-0.15, -0.1) is 11.8 Å². The molecule has 0 amide bonds. The molecule has 0 spiro atoms. The second kappa shape index (κ2) is 5.64. The molecule has 94 valence electrons. The Hall–Kier alpha value is -1.88. The van der Waals surface area contributed by atoms with Crippen molar-refractivity contribution in [2.24, 2.45) is 0 Å². The fourth-order valence-electron chi connectivity index (χ4n) is 1.46. The molecule has 0 radical (unpaired) electrons. The smallest absolute Gasteiger partial charge is 0.339 e. The van der Waals surface area contributed by atoms with E-state index in [1.54, 1.807) is 11.8 Å². The molecular weight excluding hydrogens is 252 g/mol. The van der Waals surface area contributed by atoms with E-state index < -0.39 is 5.97 Å². The van der Waals surface area contributed by atoms with Gasteiger partial charge in [0.05, 0.1) is 6.26 Å². The van der Waals surface area contributed by atoms with E-state index in [0.29, 0.717) is 11.5 Å². The largest absolute Gasteiger partial charge is 0.486 e. The third-order valence-corrected chi connectivity index (χ3v) is 3.15. The van der Waals surface area contributed by atoms with Gasteiger partial charge in [-0.3, -0.25) is 0 Å². The fraction of sp³-hybridized carbons (Fsp3) is 0.154. The number of hydrogen-bond donors (Lipinski definition) is 1. The van der Waals surface area contributed by atoms with Crippen LogP contribution in [0.15, 0.2) is 45.9 Å². The Morgan fingerprint density at radius 2 is 2.06 bits per heavy atom. The Morgan fingerprint density at radius 3 is 2.67 bits per heavy atom. The van der Waals surface area contributed by atoms with Crippen LogP contribution in [0.4, 0.5) is 0 Å². The molecule has 1 heterocycles. The predicted octanol–water partition coefficient (Wildman–Crippen LogP) is 3.28. The molecule has 18 heavy (non-hydrogen) atoms. The number of rotatable bonds is 5. The van der Waals surface area contributed by atoms with Gasteiger partial charge in [0.15, 0.2) is 5.76 Å². The van der Waals surface area contributed by atoms with Crippen molar-refractivity contribution in [2.45, 2.75) is 11.5 Å². The molecule has 4 nitrogen and oxygen atoms in total. The van der Waals surface area contributed by atoms with Gasteiger partial charge in [-0.05, 0) is 36.6 Å². The van der Waals surface area contributed by atoms with E-state index in [1.807, 2.05) is 30.5 Å². The van der Waals surface area contributed by atoms with Crippen LogP contribution in [0.1, 0.15) is 16.1 Å². The third-order valence-electron chi connectivity index (χ3n) is 2.41. The lowest BCUT2D eigenvalue weighted by Crippen LogP contribution is -2.02. The standard InChI is InChI=1S/C13H12O4S/c1-18-10-4-2-9(3-5-10)17-8-12-11(13(14)15)6-7-16-12/h2-7H,8H2,1H3,(H,14,15). The summed E-state index contributed by atoms with van der Waals surface area (Å²) in [4.78, 5) is 12.0. The topological polar surface area (TPSA) is 59.7 Å². The van der Waals surface area contributed by atoms with E-state index >= 15 is 0 Å². The van der Waals surface area contributed by atoms with E-state index in [1.165, 1.54) is 12.3 Å². The van der Waals surface area contributed by atoms with Crippen molar-refractivity contribution in [1.29, 1.82) is 0 Å². The number of thioether (sulfide) groups is 1. The molecular formula is C13H12O4S. The van der Waals surface area contributed by atoms with Crippen molar-refractivity contribution in [1.82, 2.24) is 0 Å². The van der Waals surface area contributed by atoms with Crippen LogP contribution in [0.3, 0.4) is 0 Å². The van der Waals surface area contributed by atoms with E-state index in [0.717, 1.165) is 4.90 Å². The van der Waals surface area contributed by atoms with Gasteiger partial charge in [0.25, 0.3) is 0 Å². The van der Waals surface area contributed by atoms with Gasteiger partial charge in [0, 0.05) is 4.90 Å². The van der Waals surface area contributed by atoms with Gasteiger partial charge in [-0.1, -0.05) is 0 Å². The molecule has 1 aromatic heterocycles.